The zero-order valence-corrected chi connectivity index (χ0v) is 13.9. The Labute approximate surface area is 141 Å². The molecule has 7 nitrogen and oxygen atoms in total. The Morgan fingerprint density at radius 3 is 2.67 bits per heavy atom. The molecule has 0 bridgehead atoms. The summed E-state index contributed by atoms with van der Waals surface area (Å²) in [4.78, 5) is 24.3. The lowest BCUT2D eigenvalue weighted by Gasteiger charge is -2.29. The maximum absolute atomic E-state index is 12.2. The van der Waals surface area contributed by atoms with Crippen molar-refractivity contribution in [3.8, 4) is 0 Å². The molecule has 1 aromatic heterocycles. The first-order chi connectivity index (χ1) is 11.7. The molecule has 0 spiro atoms. The number of H-pyrrole nitrogens is 1. The van der Waals surface area contributed by atoms with Crippen molar-refractivity contribution in [1.82, 2.24) is 20.8 Å². The molecule has 1 atom stereocenters. The molecule has 24 heavy (non-hydrogen) atoms. The molecule has 0 radical (unpaired) electrons. The molecule has 132 valence electrons. The smallest absolute Gasteiger partial charge is 0.225 e. The van der Waals surface area contributed by atoms with Crippen molar-refractivity contribution >= 4 is 11.8 Å². The molecular formula is C17H26N4O3. The van der Waals surface area contributed by atoms with Crippen LogP contribution in [0.3, 0.4) is 0 Å². The molecule has 3 N–H and O–H groups in total. The van der Waals surface area contributed by atoms with Gasteiger partial charge in [-0.25, -0.2) is 0 Å². The molecule has 2 heterocycles. The van der Waals surface area contributed by atoms with Crippen molar-refractivity contribution in [2.45, 2.75) is 44.6 Å². The Balaban J connectivity index is 1.33. The van der Waals surface area contributed by atoms with Crippen LogP contribution in [0.25, 0.3) is 0 Å². The second kappa shape index (κ2) is 8.28. The quantitative estimate of drug-likeness (QED) is 0.716. The maximum Gasteiger partial charge on any atom is 0.225 e. The fourth-order valence-corrected chi connectivity index (χ4v) is 3.45. The average molecular weight is 334 g/mol. The third-order valence-electron chi connectivity index (χ3n) is 5.00. The van der Waals surface area contributed by atoms with Crippen molar-refractivity contribution in [3.63, 3.8) is 0 Å². The summed E-state index contributed by atoms with van der Waals surface area (Å²) in [5.74, 6) is 0.312. The first-order valence-corrected chi connectivity index (χ1v) is 8.86. The van der Waals surface area contributed by atoms with E-state index in [1.54, 1.807) is 6.20 Å². The standard InChI is InChI=1S/C17H26N4O3/c22-16(18-8-5-15-6-9-19-21-15)12-1-3-14(4-2-12)20-17(23)13-7-10-24-11-13/h6,9,12-14H,1-5,7-8,10-11H2,(H,18,22)(H,19,21)(H,20,23). The zero-order chi connectivity index (χ0) is 16.8. The molecule has 2 aliphatic rings. The van der Waals surface area contributed by atoms with Crippen molar-refractivity contribution in [1.29, 1.82) is 0 Å². The first kappa shape index (κ1) is 17.0. The molecule has 1 aromatic rings. The lowest BCUT2D eigenvalue weighted by atomic mass is 9.85. The molecule has 3 rings (SSSR count). The van der Waals surface area contributed by atoms with Gasteiger partial charge in [-0.1, -0.05) is 0 Å². The Bertz CT molecular complexity index is 532. The van der Waals surface area contributed by atoms with E-state index in [1.807, 2.05) is 6.07 Å². The van der Waals surface area contributed by atoms with E-state index in [9.17, 15) is 9.59 Å². The molecule has 1 aliphatic carbocycles. The number of rotatable bonds is 6. The second-order valence-corrected chi connectivity index (χ2v) is 6.74. The lowest BCUT2D eigenvalue weighted by Crippen LogP contribution is -2.43. The van der Waals surface area contributed by atoms with Crippen LogP contribution < -0.4 is 10.6 Å². The molecule has 1 saturated heterocycles. The van der Waals surface area contributed by atoms with Crippen LogP contribution in [0.15, 0.2) is 12.3 Å². The number of hydrogen-bond acceptors (Lipinski definition) is 4. The minimum atomic E-state index is 0.00787. The zero-order valence-electron chi connectivity index (χ0n) is 13.9. The van der Waals surface area contributed by atoms with Crippen LogP contribution in [0.1, 0.15) is 37.8 Å². The Morgan fingerprint density at radius 1 is 1.17 bits per heavy atom. The lowest BCUT2D eigenvalue weighted by molar-refractivity contribution is -0.126. The molecular weight excluding hydrogens is 308 g/mol. The Hall–Kier alpha value is -1.89. The summed E-state index contributed by atoms with van der Waals surface area (Å²) in [5, 5.41) is 12.9. The third-order valence-corrected chi connectivity index (χ3v) is 5.00. The predicted octanol–water partition coefficient (Wildman–Crippen LogP) is 0.780. The van der Waals surface area contributed by atoms with Crippen LogP contribution in [0.2, 0.25) is 0 Å². The fourth-order valence-electron chi connectivity index (χ4n) is 3.45. The Kier molecular flexibility index (Phi) is 5.85. The highest BCUT2D eigenvalue weighted by Gasteiger charge is 2.29. The maximum atomic E-state index is 12.2. The van der Waals surface area contributed by atoms with Crippen LogP contribution >= 0.6 is 0 Å². The number of carbonyl (C=O) groups is 2. The van der Waals surface area contributed by atoms with Gasteiger partial charge in [-0.2, -0.15) is 5.10 Å². The summed E-state index contributed by atoms with van der Waals surface area (Å²) in [7, 11) is 0. The molecule has 0 aromatic carbocycles. The van der Waals surface area contributed by atoms with E-state index in [2.05, 4.69) is 20.8 Å². The largest absolute Gasteiger partial charge is 0.381 e. The van der Waals surface area contributed by atoms with Gasteiger partial charge in [0.15, 0.2) is 0 Å². The number of carbonyl (C=O) groups excluding carboxylic acids is 2. The second-order valence-electron chi connectivity index (χ2n) is 6.74. The molecule has 1 saturated carbocycles. The minimum absolute atomic E-state index is 0.00787. The summed E-state index contributed by atoms with van der Waals surface area (Å²) in [6, 6.07) is 2.11. The highest BCUT2D eigenvalue weighted by molar-refractivity contribution is 5.80. The van der Waals surface area contributed by atoms with Crippen molar-refractivity contribution in [2.24, 2.45) is 11.8 Å². The number of amides is 2. The van der Waals surface area contributed by atoms with Crippen LogP contribution in [0.5, 0.6) is 0 Å². The fraction of sp³-hybridized carbons (Fsp3) is 0.706. The summed E-state index contributed by atoms with van der Waals surface area (Å²) in [6.07, 6.45) is 6.71. The van der Waals surface area contributed by atoms with Crippen LogP contribution in [-0.4, -0.2) is 47.8 Å². The van der Waals surface area contributed by atoms with Gasteiger partial charge in [0.05, 0.1) is 12.5 Å². The van der Waals surface area contributed by atoms with Gasteiger partial charge in [0.25, 0.3) is 0 Å². The van der Waals surface area contributed by atoms with E-state index in [0.717, 1.165) is 44.2 Å². The number of hydrogen-bond donors (Lipinski definition) is 3. The summed E-state index contributed by atoms with van der Waals surface area (Å²) in [5.41, 5.74) is 1.03. The summed E-state index contributed by atoms with van der Waals surface area (Å²) >= 11 is 0. The van der Waals surface area contributed by atoms with Crippen molar-refractivity contribution in [3.05, 3.63) is 18.0 Å². The van der Waals surface area contributed by atoms with Gasteiger partial charge in [-0.3, -0.25) is 14.7 Å². The average Bonchev–Trinajstić information content (AvgIpc) is 3.29. The molecule has 2 fully saturated rings. The third kappa shape index (κ3) is 4.56. The van der Waals surface area contributed by atoms with Gasteiger partial charge in [0.2, 0.25) is 11.8 Å². The monoisotopic (exact) mass is 334 g/mol. The number of ether oxygens (including phenoxy) is 1. The van der Waals surface area contributed by atoms with Gasteiger partial charge < -0.3 is 15.4 Å². The van der Waals surface area contributed by atoms with Gasteiger partial charge in [-0.15, -0.1) is 0 Å². The summed E-state index contributed by atoms with van der Waals surface area (Å²) < 4.78 is 5.26. The van der Waals surface area contributed by atoms with Gasteiger partial charge in [0, 0.05) is 43.4 Å². The Morgan fingerprint density at radius 2 is 2.00 bits per heavy atom. The predicted molar refractivity (Wildman–Crippen MR) is 88.1 cm³/mol. The van der Waals surface area contributed by atoms with Crippen LogP contribution in [0, 0.1) is 11.8 Å². The molecule has 2 amide bonds. The van der Waals surface area contributed by atoms with Crippen molar-refractivity contribution in [2.75, 3.05) is 19.8 Å². The van der Waals surface area contributed by atoms with E-state index in [0.29, 0.717) is 19.8 Å². The highest BCUT2D eigenvalue weighted by Crippen LogP contribution is 2.25. The van der Waals surface area contributed by atoms with Crippen LogP contribution in [-0.2, 0) is 20.7 Å². The first-order valence-electron chi connectivity index (χ1n) is 8.86. The van der Waals surface area contributed by atoms with E-state index in [-0.39, 0.29) is 29.7 Å². The minimum Gasteiger partial charge on any atom is -0.381 e. The van der Waals surface area contributed by atoms with E-state index in [4.69, 9.17) is 4.74 Å². The van der Waals surface area contributed by atoms with Gasteiger partial charge in [-0.05, 0) is 38.2 Å². The number of nitrogens with one attached hydrogen (secondary N) is 3. The topological polar surface area (TPSA) is 96.1 Å². The van der Waals surface area contributed by atoms with E-state index in [1.165, 1.54) is 0 Å². The van der Waals surface area contributed by atoms with Gasteiger partial charge in [0.1, 0.15) is 0 Å². The number of aromatic nitrogens is 2. The van der Waals surface area contributed by atoms with Gasteiger partial charge >= 0.3 is 0 Å². The summed E-state index contributed by atoms with van der Waals surface area (Å²) in [6.45, 7) is 1.85. The number of nitrogens with zero attached hydrogens (tertiary/aromatic N) is 1. The van der Waals surface area contributed by atoms with E-state index >= 15 is 0 Å². The molecule has 7 heteroatoms. The van der Waals surface area contributed by atoms with E-state index < -0.39 is 0 Å². The normalized spacial score (nSPS) is 26.9. The highest BCUT2D eigenvalue weighted by atomic mass is 16.5. The SMILES string of the molecule is O=C(NCCc1ccn[nH]1)C1CCC(NC(=O)C2CCOC2)CC1. The molecule has 1 aliphatic heterocycles. The van der Waals surface area contributed by atoms with Crippen molar-refractivity contribution < 1.29 is 14.3 Å². The molecule has 1 unspecified atom stereocenters. The number of aromatic amines is 1. The van der Waals surface area contributed by atoms with Crippen LogP contribution in [0.4, 0.5) is 0 Å².